The number of aromatic hydroxyl groups is 1. The molecule has 7 rings (SSSR count). The van der Waals surface area contributed by atoms with Crippen LogP contribution in [0.1, 0.15) is 51.5 Å². The van der Waals surface area contributed by atoms with E-state index < -0.39 is 17.2 Å². The number of nitrogens with zero attached hydrogens (tertiary/aromatic N) is 5. The number of benzene rings is 2. The fourth-order valence-electron chi connectivity index (χ4n) is 8.32. The first-order valence-electron chi connectivity index (χ1n) is 16.8. The van der Waals surface area contributed by atoms with Gasteiger partial charge in [0.05, 0.1) is 33.5 Å². The van der Waals surface area contributed by atoms with Crippen LogP contribution in [0.4, 0.5) is 14.6 Å². The van der Waals surface area contributed by atoms with Gasteiger partial charge in [0.15, 0.2) is 5.82 Å². The van der Waals surface area contributed by atoms with Crippen LogP contribution in [0.5, 0.6) is 17.6 Å². The fraction of sp³-hybridized carbons (Fsp3) is 0.528. The standard InChI is InChI=1S/C36H43F2N5O5/c1-5-23-25(37)10-9-21-16-22(44)17-24(27(21)23)30-29(38)31-28(33(39-30)46-4)32(43-14-15-47-19-35(2,45)18-43)41-34(40-31)48-20-36-11-6-8-26(36)42(3)13-7-12-36/h9-10,16-17,26,44-45H,5-8,11-15,18-20H2,1-4H3/t26-,35+,36-/m1/s1. The van der Waals surface area contributed by atoms with Crippen LogP contribution in [0.15, 0.2) is 24.3 Å². The number of pyridine rings is 1. The molecule has 0 radical (unpaired) electrons. The number of aliphatic hydroxyl groups is 1. The van der Waals surface area contributed by atoms with Crippen molar-refractivity contribution in [3.63, 3.8) is 0 Å². The van der Waals surface area contributed by atoms with Gasteiger partial charge in [-0.1, -0.05) is 19.4 Å². The Balaban J connectivity index is 1.44. The van der Waals surface area contributed by atoms with Gasteiger partial charge in [-0.25, -0.2) is 13.8 Å². The minimum atomic E-state index is -1.21. The van der Waals surface area contributed by atoms with Crippen LogP contribution in [0.3, 0.4) is 0 Å². The highest BCUT2D eigenvalue weighted by Gasteiger charge is 2.47. The lowest BCUT2D eigenvalue weighted by Gasteiger charge is -2.44. The predicted molar refractivity (Wildman–Crippen MR) is 179 cm³/mol. The molecule has 0 amide bonds. The van der Waals surface area contributed by atoms with Gasteiger partial charge in [0.1, 0.15) is 39.6 Å². The lowest BCUT2D eigenvalue weighted by atomic mass is 9.76. The predicted octanol–water partition coefficient (Wildman–Crippen LogP) is 5.63. The van der Waals surface area contributed by atoms with Crippen molar-refractivity contribution in [3.8, 4) is 28.9 Å². The second-order valence-electron chi connectivity index (χ2n) is 13.9. The van der Waals surface area contributed by atoms with E-state index >= 15 is 8.78 Å². The average molecular weight is 664 g/mol. The number of rotatable bonds is 7. The van der Waals surface area contributed by atoms with Crippen molar-refractivity contribution in [2.24, 2.45) is 5.41 Å². The fourth-order valence-corrected chi connectivity index (χ4v) is 8.32. The zero-order valence-corrected chi connectivity index (χ0v) is 28.0. The molecular weight excluding hydrogens is 620 g/mol. The second-order valence-corrected chi connectivity index (χ2v) is 13.9. The Morgan fingerprint density at radius 3 is 2.69 bits per heavy atom. The summed E-state index contributed by atoms with van der Waals surface area (Å²) in [4.78, 5) is 18.4. The Bertz CT molecular complexity index is 1870. The Kier molecular flexibility index (Phi) is 8.53. The van der Waals surface area contributed by atoms with Gasteiger partial charge in [0.2, 0.25) is 5.88 Å². The number of ether oxygens (including phenoxy) is 3. The van der Waals surface area contributed by atoms with E-state index in [1.807, 2.05) is 11.8 Å². The van der Waals surface area contributed by atoms with Gasteiger partial charge in [-0.2, -0.15) is 9.97 Å². The summed E-state index contributed by atoms with van der Waals surface area (Å²) < 4.78 is 50.2. The zero-order valence-electron chi connectivity index (χ0n) is 28.0. The molecule has 3 atom stereocenters. The lowest BCUT2D eigenvalue weighted by molar-refractivity contribution is -0.0123. The number of hydrogen-bond donors (Lipinski definition) is 2. The minimum Gasteiger partial charge on any atom is -0.508 e. The number of anilines is 1. The number of aryl methyl sites for hydroxylation is 1. The van der Waals surface area contributed by atoms with E-state index in [0.29, 0.717) is 54.4 Å². The number of methoxy groups -OCH3 is 1. The molecule has 256 valence electrons. The first-order valence-corrected chi connectivity index (χ1v) is 16.8. The van der Waals surface area contributed by atoms with Crippen molar-refractivity contribution in [1.29, 1.82) is 0 Å². The minimum absolute atomic E-state index is 0.00900. The third-order valence-electron chi connectivity index (χ3n) is 10.5. The molecule has 4 heterocycles. The van der Waals surface area contributed by atoms with Crippen LogP contribution in [-0.2, 0) is 11.2 Å². The summed E-state index contributed by atoms with van der Waals surface area (Å²) in [7, 11) is 3.59. The largest absolute Gasteiger partial charge is 0.508 e. The summed E-state index contributed by atoms with van der Waals surface area (Å²) in [5, 5.41) is 23.0. The summed E-state index contributed by atoms with van der Waals surface area (Å²) in [6.45, 7) is 5.89. The normalized spacial score (nSPS) is 25.0. The molecule has 1 aliphatic carbocycles. The third-order valence-corrected chi connectivity index (χ3v) is 10.5. The van der Waals surface area contributed by atoms with Gasteiger partial charge in [0.25, 0.3) is 0 Å². The van der Waals surface area contributed by atoms with E-state index in [2.05, 4.69) is 21.9 Å². The monoisotopic (exact) mass is 663 g/mol. The van der Waals surface area contributed by atoms with E-state index in [1.54, 1.807) is 13.0 Å². The van der Waals surface area contributed by atoms with E-state index in [1.165, 1.54) is 25.3 Å². The third kappa shape index (κ3) is 5.67. The van der Waals surface area contributed by atoms with E-state index in [-0.39, 0.29) is 58.4 Å². The molecule has 2 saturated heterocycles. The summed E-state index contributed by atoms with van der Waals surface area (Å²) in [6.07, 6.45) is 5.70. The van der Waals surface area contributed by atoms with Crippen molar-refractivity contribution in [2.45, 2.75) is 64.0 Å². The maximum Gasteiger partial charge on any atom is 0.319 e. The molecule has 0 spiro atoms. The number of β-amino-alcohol motifs (C(OH)–C–C–N with tert-alkyl or cyclic N) is 1. The van der Waals surface area contributed by atoms with Gasteiger partial charge >= 0.3 is 6.01 Å². The topological polar surface area (TPSA) is 113 Å². The van der Waals surface area contributed by atoms with Gasteiger partial charge < -0.3 is 34.2 Å². The first-order chi connectivity index (χ1) is 23.0. The van der Waals surface area contributed by atoms with Gasteiger partial charge in [-0.05, 0) is 87.2 Å². The molecule has 2 aromatic heterocycles. The second kappa shape index (κ2) is 12.5. The molecule has 12 heteroatoms. The number of phenols is 1. The number of halogens is 2. The molecule has 1 saturated carbocycles. The van der Waals surface area contributed by atoms with Crippen LogP contribution in [0.2, 0.25) is 0 Å². The molecule has 2 N–H and O–H groups in total. The van der Waals surface area contributed by atoms with Gasteiger partial charge in [-0.15, -0.1) is 0 Å². The Labute approximate surface area is 278 Å². The molecule has 0 unspecified atom stereocenters. The maximum atomic E-state index is 17.1. The number of likely N-dealkylation sites (tertiary alicyclic amines) is 1. The molecule has 2 aliphatic heterocycles. The Morgan fingerprint density at radius 2 is 1.90 bits per heavy atom. The molecule has 48 heavy (non-hydrogen) atoms. The van der Waals surface area contributed by atoms with Crippen LogP contribution in [-0.4, -0.2) is 95.3 Å². The quantitative estimate of drug-likeness (QED) is 0.258. The molecule has 4 aromatic rings. The number of aromatic nitrogens is 3. The highest BCUT2D eigenvalue weighted by atomic mass is 19.1. The molecule has 0 bridgehead atoms. The molecule has 3 aliphatic rings. The number of fused-ring (bicyclic) bond motifs is 3. The lowest BCUT2D eigenvalue weighted by Crippen LogP contribution is -2.50. The van der Waals surface area contributed by atoms with Crippen molar-refractivity contribution in [3.05, 3.63) is 41.5 Å². The molecular formula is C36H43F2N5O5. The van der Waals surface area contributed by atoms with Crippen LogP contribution in [0, 0.1) is 17.0 Å². The highest BCUT2D eigenvalue weighted by molar-refractivity contribution is 6.03. The van der Waals surface area contributed by atoms with Crippen molar-refractivity contribution in [2.75, 3.05) is 58.5 Å². The Hall–Kier alpha value is -3.87. The SMILES string of the molecule is CCc1c(F)ccc2cc(O)cc(-c3nc(OC)c4c(N5CCOC[C@@](C)(O)C5)nc(OC[C@]56CCC[C@H]5N(C)CCC6)nc4c3F)c12. The van der Waals surface area contributed by atoms with Crippen LogP contribution >= 0.6 is 0 Å². The summed E-state index contributed by atoms with van der Waals surface area (Å²) in [5.74, 6) is -0.989. The maximum absolute atomic E-state index is 17.1. The van der Waals surface area contributed by atoms with Gasteiger partial charge in [-0.3, -0.25) is 0 Å². The van der Waals surface area contributed by atoms with Crippen LogP contribution in [0.25, 0.3) is 32.9 Å². The van der Waals surface area contributed by atoms with Gasteiger partial charge in [0, 0.05) is 23.6 Å². The highest BCUT2D eigenvalue weighted by Crippen LogP contribution is 2.48. The smallest absolute Gasteiger partial charge is 0.319 e. The first kappa shape index (κ1) is 32.7. The summed E-state index contributed by atoms with van der Waals surface area (Å²) in [5.41, 5.74) is -0.903. The van der Waals surface area contributed by atoms with Crippen molar-refractivity contribution >= 4 is 27.5 Å². The molecule has 10 nitrogen and oxygen atoms in total. The van der Waals surface area contributed by atoms with Crippen molar-refractivity contribution < 1.29 is 33.2 Å². The van der Waals surface area contributed by atoms with E-state index in [4.69, 9.17) is 19.2 Å². The molecule has 3 fully saturated rings. The average Bonchev–Trinajstić information content (AvgIpc) is 3.42. The zero-order chi connectivity index (χ0) is 33.8. The van der Waals surface area contributed by atoms with E-state index in [0.717, 1.165) is 38.6 Å². The molecule has 2 aromatic carbocycles. The Morgan fingerprint density at radius 1 is 1.08 bits per heavy atom. The van der Waals surface area contributed by atoms with Crippen molar-refractivity contribution in [1.82, 2.24) is 19.9 Å². The number of piperidine rings is 1. The summed E-state index contributed by atoms with van der Waals surface area (Å²) >= 11 is 0. The van der Waals surface area contributed by atoms with E-state index in [9.17, 15) is 10.2 Å². The number of phenolic OH excluding ortho intramolecular Hbond substituents is 1. The van der Waals surface area contributed by atoms with Crippen LogP contribution < -0.4 is 14.4 Å². The summed E-state index contributed by atoms with van der Waals surface area (Å²) in [6, 6.07) is 6.21. The number of hydrogen-bond acceptors (Lipinski definition) is 10.